The van der Waals surface area contributed by atoms with Crippen LogP contribution in [0.2, 0.25) is 0 Å². The summed E-state index contributed by atoms with van der Waals surface area (Å²) in [5, 5.41) is 15.1. The first-order valence-electron chi connectivity index (χ1n) is 6.27. The highest BCUT2D eigenvalue weighted by Gasteiger charge is 2.13. The highest BCUT2D eigenvalue weighted by Crippen LogP contribution is 2.21. The van der Waals surface area contributed by atoms with Crippen LogP contribution in [0.1, 0.15) is 25.5 Å². The first-order valence-corrected chi connectivity index (χ1v) is 6.27. The highest BCUT2D eigenvalue weighted by molar-refractivity contribution is 5.81. The number of rotatable bonds is 5. The Morgan fingerprint density at radius 1 is 1.35 bits per heavy atom. The number of para-hydroxylation sites is 1. The molecule has 2 aromatic rings. The Morgan fingerprint density at radius 2 is 2.12 bits per heavy atom. The van der Waals surface area contributed by atoms with Crippen molar-refractivity contribution in [2.75, 3.05) is 6.61 Å². The van der Waals surface area contributed by atoms with Gasteiger partial charge in [-0.2, -0.15) is 5.10 Å². The van der Waals surface area contributed by atoms with E-state index in [1.807, 2.05) is 23.9 Å². The van der Waals surface area contributed by atoms with Crippen LogP contribution in [-0.2, 0) is 13.5 Å². The fourth-order valence-electron chi connectivity index (χ4n) is 2.38. The van der Waals surface area contributed by atoms with Crippen molar-refractivity contribution in [3.63, 3.8) is 0 Å². The molecule has 0 saturated carbocycles. The number of benzene rings is 1. The fraction of sp³-hybridized carbons (Fsp3) is 0.500. The Hall–Kier alpha value is -1.35. The lowest BCUT2D eigenvalue weighted by Crippen LogP contribution is -2.10. The van der Waals surface area contributed by atoms with Gasteiger partial charge in [0.25, 0.3) is 0 Å². The maximum atomic E-state index is 9.36. The van der Waals surface area contributed by atoms with Gasteiger partial charge in [-0.1, -0.05) is 31.5 Å². The van der Waals surface area contributed by atoms with Crippen molar-refractivity contribution in [3.8, 4) is 0 Å². The van der Waals surface area contributed by atoms with Crippen LogP contribution in [0.4, 0.5) is 0 Å². The second-order valence-electron chi connectivity index (χ2n) is 4.63. The lowest BCUT2D eigenvalue weighted by molar-refractivity contribution is 0.216. The van der Waals surface area contributed by atoms with Gasteiger partial charge in [0.15, 0.2) is 0 Å². The van der Waals surface area contributed by atoms with E-state index in [4.69, 9.17) is 0 Å². The summed E-state index contributed by atoms with van der Waals surface area (Å²) >= 11 is 0. The molecule has 3 heteroatoms. The quantitative estimate of drug-likeness (QED) is 0.860. The number of fused-ring (bicyclic) bond motifs is 1. The Bertz CT molecular complexity index is 490. The maximum absolute atomic E-state index is 9.36. The molecule has 92 valence electrons. The molecule has 0 radical (unpaired) electrons. The lowest BCUT2D eigenvalue weighted by Gasteiger charge is -2.10. The van der Waals surface area contributed by atoms with Gasteiger partial charge in [0.05, 0.1) is 11.2 Å². The summed E-state index contributed by atoms with van der Waals surface area (Å²) < 4.78 is 1.92. The predicted molar refractivity (Wildman–Crippen MR) is 69.9 cm³/mol. The SMILES string of the molecule is CCCC(CO)Cc1nn(C)c2ccccc12. The number of aliphatic hydroxyl groups is 1. The van der Waals surface area contributed by atoms with E-state index in [0.29, 0.717) is 5.92 Å². The number of hydrogen-bond acceptors (Lipinski definition) is 2. The van der Waals surface area contributed by atoms with E-state index >= 15 is 0 Å². The second kappa shape index (κ2) is 5.32. The predicted octanol–water partition coefficient (Wildman–Crippen LogP) is 2.52. The van der Waals surface area contributed by atoms with Gasteiger partial charge in [-0.05, 0) is 24.8 Å². The zero-order valence-electron chi connectivity index (χ0n) is 10.6. The molecule has 0 aliphatic heterocycles. The molecule has 0 fully saturated rings. The Morgan fingerprint density at radius 3 is 2.82 bits per heavy atom. The molecule has 1 heterocycles. The van der Waals surface area contributed by atoms with Crippen LogP contribution in [-0.4, -0.2) is 21.5 Å². The molecule has 3 nitrogen and oxygen atoms in total. The summed E-state index contributed by atoms with van der Waals surface area (Å²) in [5.74, 6) is 0.332. The summed E-state index contributed by atoms with van der Waals surface area (Å²) in [7, 11) is 1.97. The van der Waals surface area contributed by atoms with E-state index in [9.17, 15) is 5.11 Å². The molecule has 1 N–H and O–H groups in total. The molecular formula is C14H20N2O. The van der Waals surface area contributed by atoms with E-state index in [2.05, 4.69) is 24.2 Å². The first-order chi connectivity index (χ1) is 8.26. The van der Waals surface area contributed by atoms with Gasteiger partial charge in [-0.3, -0.25) is 4.68 Å². The van der Waals surface area contributed by atoms with Gasteiger partial charge in [0.1, 0.15) is 0 Å². The van der Waals surface area contributed by atoms with Crippen molar-refractivity contribution in [2.24, 2.45) is 13.0 Å². The smallest absolute Gasteiger partial charge is 0.0706 e. The molecule has 17 heavy (non-hydrogen) atoms. The Balaban J connectivity index is 2.29. The zero-order valence-corrected chi connectivity index (χ0v) is 10.6. The number of aromatic nitrogens is 2. The number of nitrogens with zero attached hydrogens (tertiary/aromatic N) is 2. The molecule has 0 saturated heterocycles. The van der Waals surface area contributed by atoms with E-state index in [1.54, 1.807) is 0 Å². The van der Waals surface area contributed by atoms with Gasteiger partial charge < -0.3 is 5.11 Å². The molecule has 0 amide bonds. The minimum absolute atomic E-state index is 0.249. The van der Waals surface area contributed by atoms with Gasteiger partial charge >= 0.3 is 0 Å². The van der Waals surface area contributed by atoms with Crippen LogP contribution in [0.25, 0.3) is 10.9 Å². The summed E-state index contributed by atoms with van der Waals surface area (Å²) in [5.41, 5.74) is 2.27. The van der Waals surface area contributed by atoms with Gasteiger partial charge in [-0.15, -0.1) is 0 Å². The van der Waals surface area contributed by atoms with E-state index < -0.39 is 0 Å². The van der Waals surface area contributed by atoms with Crippen molar-refractivity contribution in [2.45, 2.75) is 26.2 Å². The molecule has 1 atom stereocenters. The summed E-state index contributed by atoms with van der Waals surface area (Å²) in [6.07, 6.45) is 3.03. The van der Waals surface area contributed by atoms with Crippen molar-refractivity contribution in [1.82, 2.24) is 9.78 Å². The summed E-state index contributed by atoms with van der Waals surface area (Å²) in [6, 6.07) is 8.27. The van der Waals surface area contributed by atoms with Crippen LogP contribution >= 0.6 is 0 Å². The number of aryl methyl sites for hydroxylation is 1. The van der Waals surface area contributed by atoms with Crippen molar-refractivity contribution in [3.05, 3.63) is 30.0 Å². The Kier molecular flexibility index (Phi) is 3.79. The van der Waals surface area contributed by atoms with Crippen LogP contribution < -0.4 is 0 Å². The normalized spacial score (nSPS) is 13.1. The average molecular weight is 232 g/mol. The third kappa shape index (κ3) is 2.50. The maximum Gasteiger partial charge on any atom is 0.0706 e. The third-order valence-corrected chi connectivity index (χ3v) is 3.27. The number of aliphatic hydroxyl groups excluding tert-OH is 1. The minimum atomic E-state index is 0.249. The standard InChI is InChI=1S/C14H20N2O/c1-3-6-11(10-17)9-13-12-7-4-5-8-14(12)16(2)15-13/h4-5,7-8,11,17H,3,6,9-10H2,1-2H3. The molecule has 0 aliphatic rings. The molecule has 1 unspecified atom stereocenters. The minimum Gasteiger partial charge on any atom is -0.396 e. The molecule has 0 bridgehead atoms. The molecule has 1 aromatic heterocycles. The summed E-state index contributed by atoms with van der Waals surface area (Å²) in [6.45, 7) is 2.40. The Labute approximate surface area is 102 Å². The molecule has 0 spiro atoms. The van der Waals surface area contributed by atoms with Gasteiger partial charge in [-0.25, -0.2) is 0 Å². The third-order valence-electron chi connectivity index (χ3n) is 3.27. The largest absolute Gasteiger partial charge is 0.396 e. The van der Waals surface area contributed by atoms with Gasteiger partial charge in [0.2, 0.25) is 0 Å². The van der Waals surface area contributed by atoms with E-state index in [0.717, 1.165) is 30.5 Å². The van der Waals surface area contributed by atoms with Crippen LogP contribution in [0.3, 0.4) is 0 Å². The molecule has 1 aromatic carbocycles. The number of hydrogen-bond donors (Lipinski definition) is 1. The second-order valence-corrected chi connectivity index (χ2v) is 4.63. The average Bonchev–Trinajstić information content (AvgIpc) is 2.66. The lowest BCUT2D eigenvalue weighted by atomic mass is 9.97. The molecular weight excluding hydrogens is 212 g/mol. The van der Waals surface area contributed by atoms with E-state index in [-0.39, 0.29) is 6.61 Å². The van der Waals surface area contributed by atoms with Crippen LogP contribution in [0, 0.1) is 5.92 Å². The van der Waals surface area contributed by atoms with Crippen molar-refractivity contribution < 1.29 is 5.11 Å². The zero-order chi connectivity index (χ0) is 12.3. The summed E-state index contributed by atoms with van der Waals surface area (Å²) in [4.78, 5) is 0. The van der Waals surface area contributed by atoms with E-state index in [1.165, 1.54) is 5.39 Å². The van der Waals surface area contributed by atoms with Crippen LogP contribution in [0.5, 0.6) is 0 Å². The molecule has 0 aliphatic carbocycles. The topological polar surface area (TPSA) is 38.1 Å². The first kappa shape index (κ1) is 12.1. The van der Waals surface area contributed by atoms with Crippen molar-refractivity contribution >= 4 is 10.9 Å². The van der Waals surface area contributed by atoms with Crippen LogP contribution in [0.15, 0.2) is 24.3 Å². The highest BCUT2D eigenvalue weighted by atomic mass is 16.3. The molecule has 2 rings (SSSR count). The fourth-order valence-corrected chi connectivity index (χ4v) is 2.38. The van der Waals surface area contributed by atoms with Gasteiger partial charge in [0, 0.05) is 19.0 Å². The monoisotopic (exact) mass is 232 g/mol. The van der Waals surface area contributed by atoms with Crippen molar-refractivity contribution in [1.29, 1.82) is 0 Å².